The van der Waals surface area contributed by atoms with Crippen molar-refractivity contribution >= 4 is 5.97 Å². The molecule has 16 heavy (non-hydrogen) atoms. The first kappa shape index (κ1) is 21.7. The number of aliphatic carboxylic acids is 1. The third-order valence-electron chi connectivity index (χ3n) is 2.48. The van der Waals surface area contributed by atoms with Gasteiger partial charge < -0.3 is 9.90 Å². The van der Waals surface area contributed by atoms with E-state index in [0.29, 0.717) is 0 Å². The van der Waals surface area contributed by atoms with Crippen LogP contribution < -0.4 is 34.7 Å². The first-order valence-corrected chi connectivity index (χ1v) is 5.97. The third-order valence-corrected chi connectivity index (χ3v) is 2.48. The number of hydrogen-bond acceptors (Lipinski definition) is 2. The largest absolute Gasteiger partial charge is 1.00 e. The monoisotopic (exact) mass is 238 g/mol. The van der Waals surface area contributed by atoms with E-state index in [2.05, 4.69) is 6.92 Å². The SMILES string of the molecule is C.CCCCCCCCCCCC(=O)[O-].[Na+]. The zero-order chi connectivity index (χ0) is 10.6. The molecule has 0 amide bonds. The van der Waals surface area contributed by atoms with Gasteiger partial charge in [-0.25, -0.2) is 0 Å². The Kier molecular flexibility index (Phi) is 24.2. The molecule has 0 aromatic rings. The molecule has 0 atom stereocenters. The van der Waals surface area contributed by atoms with Gasteiger partial charge in [0.05, 0.1) is 0 Å². The van der Waals surface area contributed by atoms with Crippen LogP contribution in [0.1, 0.15) is 78.6 Å². The molecule has 0 aliphatic rings. The van der Waals surface area contributed by atoms with E-state index < -0.39 is 5.97 Å². The number of carboxylic acid groups (broad SMARTS) is 1. The van der Waals surface area contributed by atoms with Crippen LogP contribution in [0.5, 0.6) is 0 Å². The van der Waals surface area contributed by atoms with Crippen LogP contribution in [-0.4, -0.2) is 5.97 Å². The topological polar surface area (TPSA) is 40.1 Å². The number of carbonyl (C=O) groups is 1. The molecule has 0 heterocycles. The predicted molar refractivity (Wildman–Crippen MR) is 63.6 cm³/mol. The van der Waals surface area contributed by atoms with Gasteiger partial charge in [-0.1, -0.05) is 65.7 Å². The Balaban J connectivity index is -0.000000845. The summed E-state index contributed by atoms with van der Waals surface area (Å²) in [5.74, 6) is -0.909. The van der Waals surface area contributed by atoms with Crippen molar-refractivity contribution in [3.63, 3.8) is 0 Å². The summed E-state index contributed by atoms with van der Waals surface area (Å²) in [5.41, 5.74) is 0. The van der Waals surface area contributed by atoms with Crippen LogP contribution in [0.2, 0.25) is 0 Å². The smallest absolute Gasteiger partial charge is 0.550 e. The van der Waals surface area contributed by atoms with E-state index in [9.17, 15) is 9.90 Å². The van der Waals surface area contributed by atoms with Crippen LogP contribution in [0.25, 0.3) is 0 Å². The second-order valence-corrected chi connectivity index (χ2v) is 3.95. The zero-order valence-corrected chi connectivity index (χ0v) is 12.4. The van der Waals surface area contributed by atoms with Crippen molar-refractivity contribution < 1.29 is 39.5 Å². The maximum Gasteiger partial charge on any atom is 1.00 e. The summed E-state index contributed by atoms with van der Waals surface area (Å²) in [6.45, 7) is 2.22. The molecule has 0 rings (SSSR count). The predicted octanol–water partition coefficient (Wildman–Crippen LogP) is 0.297. The van der Waals surface area contributed by atoms with Crippen molar-refractivity contribution in [3.8, 4) is 0 Å². The van der Waals surface area contributed by atoms with Gasteiger partial charge in [-0.05, 0) is 12.8 Å². The fourth-order valence-corrected chi connectivity index (χ4v) is 1.58. The van der Waals surface area contributed by atoms with Crippen LogP contribution in [0, 0.1) is 0 Å². The molecule has 0 radical (unpaired) electrons. The third kappa shape index (κ3) is 20.0. The summed E-state index contributed by atoms with van der Waals surface area (Å²) in [5, 5.41) is 10.1. The van der Waals surface area contributed by atoms with E-state index in [1.54, 1.807) is 0 Å². The van der Waals surface area contributed by atoms with E-state index in [1.165, 1.54) is 44.9 Å². The molecule has 2 nitrogen and oxygen atoms in total. The quantitative estimate of drug-likeness (QED) is 0.405. The van der Waals surface area contributed by atoms with Crippen LogP contribution in [-0.2, 0) is 4.79 Å². The molecule has 0 aromatic carbocycles. The van der Waals surface area contributed by atoms with E-state index >= 15 is 0 Å². The Labute approximate surface area is 123 Å². The minimum Gasteiger partial charge on any atom is -0.550 e. The molecule has 0 N–H and O–H groups in total. The first-order valence-electron chi connectivity index (χ1n) is 5.97. The number of carboxylic acids is 1. The first-order chi connectivity index (χ1) is 6.77. The van der Waals surface area contributed by atoms with Crippen LogP contribution in [0.4, 0.5) is 0 Å². The normalized spacial score (nSPS) is 9.06. The molecule has 0 saturated heterocycles. The van der Waals surface area contributed by atoms with E-state index in [-0.39, 0.29) is 43.4 Å². The Bertz CT molecular complexity index is 138. The molecule has 0 fully saturated rings. The maximum absolute atomic E-state index is 10.1. The van der Waals surface area contributed by atoms with Gasteiger partial charge in [-0.3, -0.25) is 0 Å². The Morgan fingerprint density at radius 2 is 1.25 bits per heavy atom. The number of hydrogen-bond donors (Lipinski definition) is 0. The summed E-state index contributed by atoms with van der Waals surface area (Å²) in [6, 6.07) is 0. The van der Waals surface area contributed by atoms with Crippen molar-refractivity contribution in [2.45, 2.75) is 78.6 Å². The van der Waals surface area contributed by atoms with Gasteiger partial charge in [0.25, 0.3) is 0 Å². The minimum atomic E-state index is -0.909. The summed E-state index contributed by atoms with van der Waals surface area (Å²) < 4.78 is 0. The van der Waals surface area contributed by atoms with Gasteiger partial charge in [0.2, 0.25) is 0 Å². The molecule has 0 aromatic heterocycles. The summed E-state index contributed by atoms with van der Waals surface area (Å²) >= 11 is 0. The second-order valence-electron chi connectivity index (χ2n) is 3.95. The van der Waals surface area contributed by atoms with Crippen molar-refractivity contribution in [2.75, 3.05) is 0 Å². The van der Waals surface area contributed by atoms with Crippen LogP contribution in [0.15, 0.2) is 0 Å². The van der Waals surface area contributed by atoms with E-state index in [0.717, 1.165) is 12.8 Å². The molecule has 92 valence electrons. The van der Waals surface area contributed by atoms with Gasteiger partial charge >= 0.3 is 29.6 Å². The molecule has 0 unspecified atom stereocenters. The fourth-order valence-electron chi connectivity index (χ4n) is 1.58. The Morgan fingerprint density at radius 3 is 1.62 bits per heavy atom. The second kappa shape index (κ2) is 17.9. The van der Waals surface area contributed by atoms with Gasteiger partial charge in [-0.15, -0.1) is 0 Å². The fraction of sp³-hybridized carbons (Fsp3) is 0.923. The molecular weight excluding hydrogens is 211 g/mol. The molecule has 0 bridgehead atoms. The molecule has 0 aliphatic carbocycles. The summed E-state index contributed by atoms with van der Waals surface area (Å²) in [4.78, 5) is 10.1. The van der Waals surface area contributed by atoms with Gasteiger partial charge in [-0.2, -0.15) is 0 Å². The van der Waals surface area contributed by atoms with Crippen molar-refractivity contribution in [1.29, 1.82) is 0 Å². The van der Waals surface area contributed by atoms with Crippen LogP contribution in [0.3, 0.4) is 0 Å². The number of rotatable bonds is 10. The molecule has 0 saturated carbocycles. The zero-order valence-electron chi connectivity index (χ0n) is 10.4. The Morgan fingerprint density at radius 1 is 0.875 bits per heavy atom. The summed E-state index contributed by atoms with van der Waals surface area (Å²) in [7, 11) is 0. The van der Waals surface area contributed by atoms with Gasteiger partial charge in [0, 0.05) is 5.97 Å². The Hall–Kier alpha value is 0.470. The molecule has 3 heteroatoms. The average molecular weight is 238 g/mol. The minimum absolute atomic E-state index is 0. The van der Waals surface area contributed by atoms with Crippen LogP contribution >= 0.6 is 0 Å². The number of carbonyl (C=O) groups excluding carboxylic acids is 1. The van der Waals surface area contributed by atoms with Gasteiger partial charge in [0.1, 0.15) is 0 Å². The standard InChI is InChI=1S/C12H24O2.CH4.Na/c1-2-3-4-5-6-7-8-9-10-11-12(13)14;;/h2-11H2,1H3,(H,13,14);1H4;/q;;+1/p-1. The maximum atomic E-state index is 10.1. The van der Waals surface area contributed by atoms with E-state index in [4.69, 9.17) is 0 Å². The molecule has 0 spiro atoms. The summed E-state index contributed by atoms with van der Waals surface area (Å²) in [6.07, 6.45) is 11.2. The molecule has 0 aliphatic heterocycles. The van der Waals surface area contributed by atoms with E-state index in [1.807, 2.05) is 0 Å². The number of unbranched alkanes of at least 4 members (excludes halogenated alkanes) is 8. The van der Waals surface area contributed by atoms with Crippen molar-refractivity contribution in [1.82, 2.24) is 0 Å². The van der Waals surface area contributed by atoms with Gasteiger partial charge in [0.15, 0.2) is 0 Å². The average Bonchev–Trinajstić information content (AvgIpc) is 2.15. The van der Waals surface area contributed by atoms with Crippen molar-refractivity contribution in [3.05, 3.63) is 0 Å². The molecular formula is C13H27NaO2. The van der Waals surface area contributed by atoms with Crippen molar-refractivity contribution in [2.24, 2.45) is 0 Å².